The highest BCUT2D eigenvalue weighted by atomic mass is 35.5. The molecular weight excluding hydrogens is 850 g/mol. The van der Waals surface area contributed by atoms with E-state index in [-0.39, 0.29) is 50.6 Å². The Kier molecular flexibility index (Phi) is 14.5. The Morgan fingerprint density at radius 3 is 2.47 bits per heavy atom. The molecule has 1 saturated heterocycles. The summed E-state index contributed by atoms with van der Waals surface area (Å²) in [6.07, 6.45) is 2.01. The Morgan fingerprint density at radius 1 is 1.08 bits per heavy atom. The second-order valence-corrected chi connectivity index (χ2v) is 16.7. The van der Waals surface area contributed by atoms with Crippen molar-refractivity contribution in [1.29, 1.82) is 0 Å². The van der Waals surface area contributed by atoms with Gasteiger partial charge in [-0.2, -0.15) is 5.10 Å². The van der Waals surface area contributed by atoms with E-state index in [1.807, 2.05) is 31.2 Å². The molecule has 5 aromatic rings. The number of carbonyl (C=O) groups is 4. The van der Waals surface area contributed by atoms with Crippen molar-refractivity contribution in [3.8, 4) is 27.4 Å². The molecule has 6 N–H and O–H groups in total. The quantitative estimate of drug-likeness (QED) is 0.0539. The van der Waals surface area contributed by atoms with Gasteiger partial charge in [0.1, 0.15) is 30.3 Å². The van der Waals surface area contributed by atoms with Crippen molar-refractivity contribution in [2.24, 2.45) is 5.41 Å². The first-order chi connectivity index (χ1) is 29.4. The minimum Gasteiger partial charge on any atom is -0.420 e. The molecule has 0 radical (unpaired) electrons. The summed E-state index contributed by atoms with van der Waals surface area (Å²) in [6.45, 7) is 7.26. The van der Waals surface area contributed by atoms with Crippen LogP contribution in [-0.2, 0) is 25.7 Å². The molecule has 0 spiro atoms. The van der Waals surface area contributed by atoms with Crippen LogP contribution < -0.4 is 26.0 Å². The highest BCUT2D eigenvalue weighted by molar-refractivity contribution is 7.09. The fraction of sp³-hybridized carbons (Fsp3) is 0.366. The van der Waals surface area contributed by atoms with Gasteiger partial charge >= 0.3 is 5.57 Å². The van der Waals surface area contributed by atoms with Crippen molar-refractivity contribution in [2.45, 2.75) is 64.4 Å². The summed E-state index contributed by atoms with van der Waals surface area (Å²) >= 11 is 6.11. The number of aromatic nitrogens is 5. The van der Waals surface area contributed by atoms with Crippen LogP contribution in [0.4, 0.5) is 20.3 Å². The van der Waals surface area contributed by atoms with E-state index in [1.165, 1.54) is 53.1 Å². The number of aliphatic hydroxyl groups is 1. The summed E-state index contributed by atoms with van der Waals surface area (Å²) in [5.41, 5.74) is -0.459. The standard InChI is InChI=1S/C41H45ClF2N10O7S/c1-23-34(62-53-51-23)25-7-5-24(6-8-25)19-47-38(58)32-18-28(55)21-54(32)39(59)35(40(2,3)4)50-33(56)22-60-16-15-45-36-30(31-13-14-48-52-31)17-26(20-46-36)37(57)49-27-9-11-29(12-10-27)61-41(42,43)44/h5-14,17,20,28,32,35,55H,15-16,18-19,21-22H2,1-4H3,(H,45,46)(H,47,58)(H,48,52)(H,49,57)(H,50,56)/t28-,32+,35-/m1/s1. The van der Waals surface area contributed by atoms with E-state index in [0.29, 0.717) is 22.8 Å². The van der Waals surface area contributed by atoms with Gasteiger partial charge in [0, 0.05) is 61.3 Å². The summed E-state index contributed by atoms with van der Waals surface area (Å²) in [5, 5.41) is 32.9. The second-order valence-electron chi connectivity index (χ2n) is 15.5. The van der Waals surface area contributed by atoms with Crippen LogP contribution >= 0.6 is 23.1 Å². The van der Waals surface area contributed by atoms with Crippen molar-refractivity contribution in [2.75, 3.05) is 36.9 Å². The van der Waals surface area contributed by atoms with Gasteiger partial charge in [-0.15, -0.1) is 13.9 Å². The zero-order chi connectivity index (χ0) is 44.6. The Bertz CT molecular complexity index is 2340. The summed E-state index contributed by atoms with van der Waals surface area (Å²) in [4.78, 5) is 60.4. The summed E-state index contributed by atoms with van der Waals surface area (Å²) in [6, 6.07) is 14.1. The number of H-pyrrole nitrogens is 1. The lowest BCUT2D eigenvalue weighted by molar-refractivity contribution is -0.144. The average Bonchev–Trinajstić information content (AvgIpc) is 4.01. The molecule has 3 atom stereocenters. The highest BCUT2D eigenvalue weighted by Crippen LogP contribution is 2.30. The van der Waals surface area contributed by atoms with E-state index in [4.69, 9.17) is 16.3 Å². The summed E-state index contributed by atoms with van der Waals surface area (Å²) in [5.74, 6) is -1.82. The molecule has 2 aromatic carbocycles. The molecule has 0 aliphatic carbocycles. The zero-order valence-electron chi connectivity index (χ0n) is 34.1. The fourth-order valence-corrected chi connectivity index (χ4v) is 7.34. The molecule has 0 saturated carbocycles. The lowest BCUT2D eigenvalue weighted by Gasteiger charge is -2.35. The molecule has 3 aromatic heterocycles. The minimum absolute atomic E-state index is 0.0502. The number of hydrogen-bond donors (Lipinski definition) is 6. The summed E-state index contributed by atoms with van der Waals surface area (Å²) < 4.78 is 39.8. The first-order valence-electron chi connectivity index (χ1n) is 19.4. The van der Waals surface area contributed by atoms with Crippen LogP contribution in [0.25, 0.3) is 21.7 Å². The van der Waals surface area contributed by atoms with Gasteiger partial charge in [-0.05, 0) is 71.4 Å². The largest absolute Gasteiger partial charge is 0.487 e. The number of aryl methyl sites for hydroxylation is 1. The third kappa shape index (κ3) is 12.1. The normalized spacial score (nSPS) is 15.8. The van der Waals surface area contributed by atoms with Gasteiger partial charge in [-0.1, -0.05) is 49.5 Å². The number of carbonyl (C=O) groups excluding carboxylic acids is 4. The minimum atomic E-state index is -3.88. The first-order valence-corrected chi connectivity index (χ1v) is 20.5. The van der Waals surface area contributed by atoms with Crippen molar-refractivity contribution in [3.05, 3.63) is 89.9 Å². The molecule has 6 rings (SSSR count). The van der Waals surface area contributed by atoms with E-state index in [2.05, 4.69) is 50.8 Å². The van der Waals surface area contributed by atoms with Crippen LogP contribution in [0.1, 0.15) is 48.8 Å². The van der Waals surface area contributed by atoms with Gasteiger partial charge in [0.2, 0.25) is 17.7 Å². The van der Waals surface area contributed by atoms with Crippen molar-refractivity contribution < 1.29 is 42.5 Å². The lowest BCUT2D eigenvalue weighted by Crippen LogP contribution is -2.58. The second kappa shape index (κ2) is 19.7. The number of β-amino-alcohol motifs (C(OH)–C–C–N with tert-alkyl or cyclic N) is 1. The highest BCUT2D eigenvalue weighted by Gasteiger charge is 2.44. The van der Waals surface area contributed by atoms with Crippen molar-refractivity contribution in [3.63, 3.8) is 0 Å². The number of halogens is 3. The molecule has 0 unspecified atom stereocenters. The lowest BCUT2D eigenvalue weighted by atomic mass is 9.85. The van der Waals surface area contributed by atoms with Gasteiger partial charge in [0.25, 0.3) is 5.91 Å². The Hall–Kier alpha value is -6.09. The third-order valence-corrected chi connectivity index (χ3v) is 10.6. The monoisotopic (exact) mass is 894 g/mol. The maximum absolute atomic E-state index is 14.0. The van der Waals surface area contributed by atoms with Crippen LogP contribution in [0.2, 0.25) is 0 Å². The molecule has 1 fully saturated rings. The number of hydrogen-bond acceptors (Lipinski definition) is 13. The van der Waals surface area contributed by atoms with Crippen LogP contribution in [0, 0.1) is 12.3 Å². The predicted octanol–water partition coefficient (Wildman–Crippen LogP) is 4.96. The van der Waals surface area contributed by atoms with Gasteiger partial charge < -0.3 is 40.7 Å². The van der Waals surface area contributed by atoms with E-state index >= 15 is 0 Å². The number of likely N-dealkylation sites (tertiary alicyclic amines) is 1. The Balaban J connectivity index is 0.998. The molecule has 4 amide bonds. The maximum atomic E-state index is 14.0. The van der Waals surface area contributed by atoms with E-state index in [0.717, 1.165) is 21.7 Å². The van der Waals surface area contributed by atoms with E-state index in [9.17, 15) is 33.1 Å². The molecular formula is C41H45ClF2N10O7S. The van der Waals surface area contributed by atoms with Gasteiger partial charge in [-0.25, -0.2) is 4.98 Å². The summed E-state index contributed by atoms with van der Waals surface area (Å²) in [7, 11) is 0. The maximum Gasteiger partial charge on any atom is 0.487 e. The number of anilines is 2. The number of alkyl halides is 3. The number of rotatable bonds is 17. The van der Waals surface area contributed by atoms with Gasteiger partial charge in [0.05, 0.1) is 34.5 Å². The first kappa shape index (κ1) is 45.4. The molecule has 62 heavy (non-hydrogen) atoms. The third-order valence-electron chi connectivity index (χ3n) is 9.68. The van der Waals surface area contributed by atoms with Crippen molar-refractivity contribution >= 4 is 58.3 Å². The molecule has 0 bridgehead atoms. The number of amides is 4. The number of pyridine rings is 1. The predicted molar refractivity (Wildman–Crippen MR) is 226 cm³/mol. The SMILES string of the molecule is Cc1nnsc1-c1ccc(CNC(=O)[C@@H]2C[C@@H](O)CN2C(=O)[C@@H](NC(=O)COCCNc2ncc(C(=O)Nc3ccc(OC(F)(F)Cl)cc3)cc2-c2ccn[nH]2)C(C)(C)C)cc1. The number of aromatic amines is 1. The van der Waals surface area contributed by atoms with Crippen LogP contribution in [0.15, 0.2) is 73.1 Å². The molecule has 21 heteroatoms. The molecule has 17 nitrogen and oxygen atoms in total. The fourth-order valence-electron chi connectivity index (χ4n) is 6.59. The van der Waals surface area contributed by atoms with Crippen LogP contribution in [0.5, 0.6) is 5.75 Å². The number of benzene rings is 2. The Labute approximate surface area is 364 Å². The molecule has 4 heterocycles. The van der Waals surface area contributed by atoms with E-state index in [1.54, 1.807) is 32.9 Å². The number of aliphatic hydroxyl groups excluding tert-OH is 1. The van der Waals surface area contributed by atoms with E-state index < -0.39 is 52.8 Å². The van der Waals surface area contributed by atoms with Gasteiger partial charge in [-0.3, -0.25) is 24.3 Å². The number of nitrogens with one attached hydrogen (secondary N) is 5. The number of ether oxygens (including phenoxy) is 2. The number of nitrogens with zero attached hydrogens (tertiary/aromatic N) is 5. The average molecular weight is 895 g/mol. The smallest absolute Gasteiger partial charge is 0.420 e. The van der Waals surface area contributed by atoms with Gasteiger partial charge in [0.15, 0.2) is 0 Å². The topological polar surface area (TPSA) is 226 Å². The van der Waals surface area contributed by atoms with Crippen molar-refractivity contribution in [1.82, 2.24) is 40.3 Å². The van der Waals surface area contributed by atoms with Crippen LogP contribution in [-0.4, -0.2) is 108 Å². The molecule has 328 valence electrons. The Morgan fingerprint density at radius 2 is 1.82 bits per heavy atom. The molecule has 1 aliphatic heterocycles. The molecule has 1 aliphatic rings. The van der Waals surface area contributed by atoms with Crippen LogP contribution in [0.3, 0.4) is 0 Å². The zero-order valence-corrected chi connectivity index (χ0v) is 35.7.